The van der Waals surface area contributed by atoms with Crippen LogP contribution in [0.3, 0.4) is 0 Å². The SMILES string of the molecule is c1ccc(-c2ccc3[nH]c(C4CCNC4)nc3c2)cc1. The first kappa shape index (κ1) is 11.7. The maximum absolute atomic E-state index is 4.79. The summed E-state index contributed by atoms with van der Waals surface area (Å²) >= 11 is 0. The van der Waals surface area contributed by atoms with Crippen molar-refractivity contribution in [2.24, 2.45) is 0 Å². The van der Waals surface area contributed by atoms with Gasteiger partial charge in [0.1, 0.15) is 5.82 Å². The van der Waals surface area contributed by atoms with Gasteiger partial charge in [0, 0.05) is 12.5 Å². The molecular weight excluding hydrogens is 246 g/mol. The van der Waals surface area contributed by atoms with Crippen LogP contribution in [-0.4, -0.2) is 23.1 Å². The number of nitrogens with one attached hydrogen (secondary N) is 2. The van der Waals surface area contributed by atoms with Crippen LogP contribution in [-0.2, 0) is 0 Å². The summed E-state index contributed by atoms with van der Waals surface area (Å²) < 4.78 is 0. The molecule has 3 heteroatoms. The Morgan fingerprint density at radius 3 is 2.70 bits per heavy atom. The van der Waals surface area contributed by atoms with Crippen molar-refractivity contribution in [3.63, 3.8) is 0 Å². The average Bonchev–Trinajstić information content (AvgIpc) is 3.16. The molecule has 0 saturated carbocycles. The lowest BCUT2D eigenvalue weighted by molar-refractivity contribution is 0.717. The maximum atomic E-state index is 4.79. The molecule has 0 spiro atoms. The van der Waals surface area contributed by atoms with Gasteiger partial charge in [-0.1, -0.05) is 36.4 Å². The Kier molecular flexibility index (Phi) is 2.78. The van der Waals surface area contributed by atoms with E-state index < -0.39 is 0 Å². The van der Waals surface area contributed by atoms with Crippen LogP contribution in [0.5, 0.6) is 0 Å². The second-order valence-corrected chi connectivity index (χ2v) is 5.41. The van der Waals surface area contributed by atoms with E-state index in [0.29, 0.717) is 5.92 Å². The molecule has 1 atom stereocenters. The number of H-pyrrole nitrogens is 1. The number of fused-ring (bicyclic) bond motifs is 1. The molecule has 100 valence electrons. The molecule has 1 unspecified atom stereocenters. The number of nitrogens with zero attached hydrogens (tertiary/aromatic N) is 1. The van der Waals surface area contributed by atoms with Crippen molar-refractivity contribution in [3.05, 3.63) is 54.4 Å². The van der Waals surface area contributed by atoms with Crippen LogP contribution in [0.1, 0.15) is 18.2 Å². The highest BCUT2D eigenvalue weighted by Gasteiger charge is 2.19. The van der Waals surface area contributed by atoms with Gasteiger partial charge >= 0.3 is 0 Å². The molecule has 0 bridgehead atoms. The monoisotopic (exact) mass is 263 g/mol. The first-order chi connectivity index (χ1) is 9.90. The minimum atomic E-state index is 0.530. The molecule has 0 aliphatic carbocycles. The van der Waals surface area contributed by atoms with E-state index in [9.17, 15) is 0 Å². The standard InChI is InChI=1S/C17H17N3/c1-2-4-12(5-3-1)13-6-7-15-16(10-13)20-17(19-15)14-8-9-18-11-14/h1-7,10,14,18H,8-9,11H2,(H,19,20). The molecule has 2 heterocycles. The third-order valence-corrected chi connectivity index (χ3v) is 4.06. The molecule has 3 aromatic rings. The van der Waals surface area contributed by atoms with Gasteiger partial charge in [0.15, 0.2) is 0 Å². The third kappa shape index (κ3) is 2.00. The summed E-state index contributed by atoms with van der Waals surface area (Å²) in [5, 5.41) is 3.39. The van der Waals surface area contributed by atoms with Crippen LogP contribution in [0.4, 0.5) is 0 Å². The van der Waals surface area contributed by atoms with E-state index in [1.54, 1.807) is 0 Å². The number of aromatic amines is 1. The lowest BCUT2D eigenvalue weighted by atomic mass is 10.1. The van der Waals surface area contributed by atoms with Crippen LogP contribution < -0.4 is 5.32 Å². The number of benzene rings is 2. The van der Waals surface area contributed by atoms with E-state index in [4.69, 9.17) is 4.98 Å². The number of imidazole rings is 1. The maximum Gasteiger partial charge on any atom is 0.111 e. The van der Waals surface area contributed by atoms with Gasteiger partial charge in [0.25, 0.3) is 0 Å². The second kappa shape index (κ2) is 4.76. The van der Waals surface area contributed by atoms with Crippen LogP contribution in [0.25, 0.3) is 22.2 Å². The van der Waals surface area contributed by atoms with Gasteiger partial charge in [-0.15, -0.1) is 0 Å². The Morgan fingerprint density at radius 1 is 1.00 bits per heavy atom. The van der Waals surface area contributed by atoms with Crippen molar-refractivity contribution in [2.45, 2.75) is 12.3 Å². The van der Waals surface area contributed by atoms with Crippen LogP contribution in [0, 0.1) is 0 Å². The fourth-order valence-electron chi connectivity index (χ4n) is 2.92. The van der Waals surface area contributed by atoms with Gasteiger partial charge in [-0.25, -0.2) is 4.98 Å². The predicted octanol–water partition coefficient (Wildman–Crippen LogP) is 3.31. The molecule has 2 N–H and O–H groups in total. The normalized spacial score (nSPS) is 18.7. The van der Waals surface area contributed by atoms with Crippen LogP contribution in [0.2, 0.25) is 0 Å². The van der Waals surface area contributed by atoms with E-state index >= 15 is 0 Å². The summed E-state index contributed by atoms with van der Waals surface area (Å²) in [5.41, 5.74) is 4.65. The Hall–Kier alpha value is -2.13. The summed E-state index contributed by atoms with van der Waals surface area (Å²) in [5.74, 6) is 1.65. The molecule has 1 fully saturated rings. The molecule has 1 aliphatic heterocycles. The van der Waals surface area contributed by atoms with E-state index in [0.717, 1.165) is 29.9 Å². The molecule has 1 aromatic heterocycles. The zero-order chi connectivity index (χ0) is 13.4. The molecule has 4 rings (SSSR count). The van der Waals surface area contributed by atoms with Crippen LogP contribution >= 0.6 is 0 Å². The zero-order valence-corrected chi connectivity index (χ0v) is 11.3. The molecule has 0 radical (unpaired) electrons. The van der Waals surface area contributed by atoms with Crippen molar-refractivity contribution in [3.8, 4) is 11.1 Å². The highest BCUT2D eigenvalue weighted by atomic mass is 15.0. The average molecular weight is 263 g/mol. The lowest BCUT2D eigenvalue weighted by Gasteiger charge is -2.01. The fraction of sp³-hybridized carbons (Fsp3) is 0.235. The second-order valence-electron chi connectivity index (χ2n) is 5.41. The highest BCUT2D eigenvalue weighted by Crippen LogP contribution is 2.26. The van der Waals surface area contributed by atoms with Gasteiger partial charge < -0.3 is 10.3 Å². The number of rotatable bonds is 2. The Morgan fingerprint density at radius 2 is 1.90 bits per heavy atom. The van der Waals surface area contributed by atoms with Gasteiger partial charge in [-0.05, 0) is 36.2 Å². The van der Waals surface area contributed by atoms with E-state index in [2.05, 4.69) is 52.8 Å². The summed E-state index contributed by atoms with van der Waals surface area (Å²) in [6.07, 6.45) is 1.17. The fourth-order valence-corrected chi connectivity index (χ4v) is 2.92. The smallest absolute Gasteiger partial charge is 0.111 e. The molecular formula is C17H17N3. The molecule has 0 amide bonds. The predicted molar refractivity (Wildman–Crippen MR) is 81.8 cm³/mol. The van der Waals surface area contributed by atoms with E-state index in [1.807, 2.05) is 6.07 Å². The molecule has 2 aromatic carbocycles. The lowest BCUT2D eigenvalue weighted by Crippen LogP contribution is -2.08. The Bertz CT molecular complexity index is 724. The minimum Gasteiger partial charge on any atom is -0.342 e. The van der Waals surface area contributed by atoms with E-state index in [1.165, 1.54) is 17.5 Å². The van der Waals surface area contributed by atoms with Crippen molar-refractivity contribution >= 4 is 11.0 Å². The van der Waals surface area contributed by atoms with Crippen molar-refractivity contribution in [1.29, 1.82) is 0 Å². The number of hydrogen-bond donors (Lipinski definition) is 2. The van der Waals surface area contributed by atoms with Crippen molar-refractivity contribution in [1.82, 2.24) is 15.3 Å². The Balaban J connectivity index is 1.76. The van der Waals surface area contributed by atoms with Crippen molar-refractivity contribution in [2.75, 3.05) is 13.1 Å². The molecule has 3 nitrogen and oxygen atoms in total. The van der Waals surface area contributed by atoms with Gasteiger partial charge in [0.2, 0.25) is 0 Å². The third-order valence-electron chi connectivity index (χ3n) is 4.06. The van der Waals surface area contributed by atoms with Crippen molar-refractivity contribution < 1.29 is 0 Å². The summed E-state index contributed by atoms with van der Waals surface area (Å²) in [6.45, 7) is 2.13. The molecule has 1 aliphatic rings. The number of hydrogen-bond acceptors (Lipinski definition) is 2. The summed E-state index contributed by atoms with van der Waals surface area (Å²) in [6, 6.07) is 16.9. The topological polar surface area (TPSA) is 40.7 Å². The van der Waals surface area contributed by atoms with Gasteiger partial charge in [-0.2, -0.15) is 0 Å². The minimum absolute atomic E-state index is 0.530. The largest absolute Gasteiger partial charge is 0.342 e. The molecule has 1 saturated heterocycles. The Labute approximate surface area is 118 Å². The quantitative estimate of drug-likeness (QED) is 0.744. The van der Waals surface area contributed by atoms with Gasteiger partial charge in [0.05, 0.1) is 11.0 Å². The zero-order valence-electron chi connectivity index (χ0n) is 11.3. The molecule has 20 heavy (non-hydrogen) atoms. The summed E-state index contributed by atoms with van der Waals surface area (Å²) in [7, 11) is 0. The number of aromatic nitrogens is 2. The first-order valence-electron chi connectivity index (χ1n) is 7.16. The van der Waals surface area contributed by atoms with E-state index in [-0.39, 0.29) is 0 Å². The van der Waals surface area contributed by atoms with Gasteiger partial charge in [-0.3, -0.25) is 0 Å². The first-order valence-corrected chi connectivity index (χ1v) is 7.16. The highest BCUT2D eigenvalue weighted by molar-refractivity contribution is 5.82. The summed E-state index contributed by atoms with van der Waals surface area (Å²) in [4.78, 5) is 8.25. The van der Waals surface area contributed by atoms with Crippen LogP contribution in [0.15, 0.2) is 48.5 Å².